The summed E-state index contributed by atoms with van der Waals surface area (Å²) in [5.74, 6) is -0.170. The first-order valence-corrected chi connectivity index (χ1v) is 30.1. The summed E-state index contributed by atoms with van der Waals surface area (Å²) in [5, 5.41) is 171. The van der Waals surface area contributed by atoms with Gasteiger partial charge in [-0.2, -0.15) is 0 Å². The third-order valence-corrected chi connectivity index (χ3v) is 21.8. The quantitative estimate of drug-likeness (QED) is 0.0611. The van der Waals surface area contributed by atoms with E-state index in [0.717, 1.165) is 38.5 Å². The molecule has 4 saturated carbocycles. The van der Waals surface area contributed by atoms with Gasteiger partial charge in [0, 0.05) is 12.3 Å². The summed E-state index contributed by atoms with van der Waals surface area (Å²) in [6, 6.07) is 0. The first-order valence-electron chi connectivity index (χ1n) is 30.1. The molecule has 0 aromatic rings. The zero-order valence-corrected chi connectivity index (χ0v) is 47.8. The molecule has 4 aliphatic carbocycles. The number of hydrogen-bond acceptors (Lipinski definition) is 27. The highest BCUT2D eigenvalue weighted by molar-refractivity contribution is 5.15. The predicted octanol–water partition coefficient (Wildman–Crippen LogP) is -4.46. The van der Waals surface area contributed by atoms with Gasteiger partial charge < -0.3 is 134 Å². The summed E-state index contributed by atoms with van der Waals surface area (Å²) in [6.45, 7) is 8.00. The van der Waals surface area contributed by atoms with Crippen molar-refractivity contribution in [2.75, 3.05) is 33.0 Å². The summed E-state index contributed by atoms with van der Waals surface area (Å²) < 4.78 is 66.9. The number of aliphatic hydroxyl groups excluding tert-OH is 15. The SMILES string of the molecule is C[C@@H](CC[C@@]1(O)O[C@H]2CC3[C@@H]4CC[C@H]5C[C@H](O[C@@H]6O[C@H](CO[C@@H]7O[C@@H](C)[C@H](O)[C@@H](O)[C@H]7O)[C@@H](O[C@@H]7OC[C@H](O)[C@@H](O)[C@H]7O)[C@H](O)[C@H]6O[C@@H]6O[C@H](CO)[C@@H](O)[C@H](O)[C@H]6O)CC[C@]5(C)C4CC[C@]3(C)[C@H]2[C@@H]1C)CO[C@@H]1O[C@H](CO)[C@@H](O)[C@H](O)[C@H]1O. The Bertz CT molecular complexity index is 2120. The van der Waals surface area contributed by atoms with Crippen LogP contribution in [0.1, 0.15) is 98.8 Å². The van der Waals surface area contributed by atoms with Gasteiger partial charge in [0.1, 0.15) is 110 Å². The lowest BCUT2D eigenvalue weighted by atomic mass is 9.44. The lowest BCUT2D eigenvalue weighted by Crippen LogP contribution is -2.67. The molecule has 0 radical (unpaired) electrons. The zero-order chi connectivity index (χ0) is 59.9. The van der Waals surface area contributed by atoms with Crippen LogP contribution < -0.4 is 0 Å². The summed E-state index contributed by atoms with van der Waals surface area (Å²) >= 11 is 0. The second-order valence-electron chi connectivity index (χ2n) is 26.7. The molecule has 27 nitrogen and oxygen atoms in total. The molecule has 2 unspecified atom stereocenters. The number of rotatable bonds is 17. The third kappa shape index (κ3) is 12.1. The summed E-state index contributed by atoms with van der Waals surface area (Å²) in [7, 11) is 0. The molecule has 16 N–H and O–H groups in total. The highest BCUT2D eigenvalue weighted by Gasteiger charge is 2.69. The second kappa shape index (κ2) is 25.7. The molecular formula is C56H94O27. The summed E-state index contributed by atoms with van der Waals surface area (Å²) in [5.41, 5.74) is -0.177. The molecule has 6 saturated heterocycles. The van der Waals surface area contributed by atoms with Gasteiger partial charge in [0.15, 0.2) is 37.2 Å². The van der Waals surface area contributed by atoms with E-state index in [1.54, 1.807) is 0 Å². The lowest BCUT2D eigenvalue weighted by Gasteiger charge is -2.61. The van der Waals surface area contributed by atoms with Gasteiger partial charge in [0.25, 0.3) is 0 Å². The first-order chi connectivity index (χ1) is 39.2. The van der Waals surface area contributed by atoms with Crippen molar-refractivity contribution in [3.63, 3.8) is 0 Å². The van der Waals surface area contributed by atoms with Crippen molar-refractivity contribution in [3.05, 3.63) is 0 Å². The second-order valence-corrected chi connectivity index (χ2v) is 26.7. The van der Waals surface area contributed by atoms with E-state index in [9.17, 15) is 81.7 Å². The molecular weight excluding hydrogens is 1100 g/mol. The van der Waals surface area contributed by atoms with Gasteiger partial charge in [0.2, 0.25) is 0 Å². The average Bonchev–Trinajstić information content (AvgIpc) is 4.16. The minimum Gasteiger partial charge on any atom is -0.394 e. The van der Waals surface area contributed by atoms with Crippen LogP contribution in [0.25, 0.3) is 0 Å². The molecule has 0 amide bonds. The molecule has 27 heteroatoms. The average molecular weight is 1200 g/mol. The molecule has 10 fully saturated rings. The predicted molar refractivity (Wildman–Crippen MR) is 277 cm³/mol. The van der Waals surface area contributed by atoms with E-state index in [4.69, 9.17) is 52.1 Å². The van der Waals surface area contributed by atoms with Crippen LogP contribution >= 0.6 is 0 Å². The molecule has 6 heterocycles. The molecule has 6 aliphatic heterocycles. The molecule has 0 bridgehead atoms. The topological polar surface area (TPSA) is 425 Å². The molecule has 480 valence electrons. The van der Waals surface area contributed by atoms with Gasteiger partial charge in [-0.15, -0.1) is 0 Å². The number of aliphatic hydroxyl groups is 16. The molecule has 0 spiro atoms. The van der Waals surface area contributed by atoms with Crippen LogP contribution in [0.15, 0.2) is 0 Å². The van der Waals surface area contributed by atoms with Gasteiger partial charge in [-0.25, -0.2) is 0 Å². The van der Waals surface area contributed by atoms with Gasteiger partial charge in [0.05, 0.1) is 51.3 Å². The van der Waals surface area contributed by atoms with Crippen LogP contribution in [-0.2, 0) is 52.1 Å². The molecule has 10 rings (SSSR count). The van der Waals surface area contributed by atoms with Crippen molar-refractivity contribution in [3.8, 4) is 0 Å². The van der Waals surface area contributed by atoms with Gasteiger partial charge >= 0.3 is 0 Å². The van der Waals surface area contributed by atoms with Gasteiger partial charge in [-0.3, -0.25) is 0 Å². The normalized spacial score (nSPS) is 55.9. The summed E-state index contributed by atoms with van der Waals surface area (Å²) in [6.07, 6.45) is -31.1. The van der Waals surface area contributed by atoms with Crippen molar-refractivity contribution in [1.29, 1.82) is 0 Å². The Morgan fingerprint density at radius 3 is 1.81 bits per heavy atom. The number of hydrogen-bond donors (Lipinski definition) is 16. The van der Waals surface area contributed by atoms with Crippen molar-refractivity contribution in [1.82, 2.24) is 0 Å². The maximum atomic E-state index is 12.5. The van der Waals surface area contributed by atoms with Crippen molar-refractivity contribution in [2.24, 2.45) is 52.3 Å². The first kappa shape index (κ1) is 64.9. The van der Waals surface area contributed by atoms with Crippen molar-refractivity contribution < 1.29 is 134 Å². The smallest absolute Gasteiger partial charge is 0.187 e. The van der Waals surface area contributed by atoms with Crippen LogP contribution in [0.5, 0.6) is 0 Å². The Hall–Kier alpha value is -1.08. The molecule has 83 heavy (non-hydrogen) atoms. The van der Waals surface area contributed by atoms with E-state index in [-0.39, 0.29) is 47.2 Å². The Morgan fingerprint density at radius 1 is 0.542 bits per heavy atom. The monoisotopic (exact) mass is 1200 g/mol. The van der Waals surface area contributed by atoms with Crippen LogP contribution in [0.3, 0.4) is 0 Å². The minimum atomic E-state index is -1.92. The van der Waals surface area contributed by atoms with Crippen LogP contribution in [-0.4, -0.2) is 280 Å². The standard InChI is InChI=1S/C56H94O27/c1-21(18-73-50-44(69)40(65)37(62)31(16-57)78-50)8-13-56(72)22(2)34-30(83-56)15-28-26-7-6-24-14-25(9-11-54(24,4)27(26)10-12-55(28,34)5)77-53-48(82-52-45(70)41(66)38(63)32(17-58)79-52)46(71)47(81-51-42(67)36(61)29(59)19-74-51)33(80-53)20-75-49-43(68)39(64)35(60)23(3)76-49/h21-53,57-72H,6-20H2,1-5H3/t21-,22-,23-,24-,25+,26+,27?,28?,29-,30-,31+,32+,33+,34-,35-,36+,37+,38+,39+,40-,41-,42+,43+,44+,45+,46-,47+,48+,49+,50+,51-,52-,53+,54-,55-,56+/m0/s1. The Labute approximate surface area is 482 Å². The maximum absolute atomic E-state index is 12.5. The number of ether oxygens (including phenoxy) is 11. The van der Waals surface area contributed by atoms with E-state index in [1.165, 1.54) is 6.92 Å². The fourth-order valence-corrected chi connectivity index (χ4v) is 16.7. The van der Waals surface area contributed by atoms with E-state index >= 15 is 0 Å². The largest absolute Gasteiger partial charge is 0.394 e. The Morgan fingerprint density at radius 2 is 1.13 bits per heavy atom. The van der Waals surface area contributed by atoms with E-state index < -0.39 is 186 Å². The maximum Gasteiger partial charge on any atom is 0.187 e. The van der Waals surface area contributed by atoms with Crippen molar-refractivity contribution >= 4 is 0 Å². The van der Waals surface area contributed by atoms with Crippen LogP contribution in [0.4, 0.5) is 0 Å². The minimum absolute atomic E-state index is 0.0865. The van der Waals surface area contributed by atoms with Gasteiger partial charge in [-0.05, 0) is 111 Å². The van der Waals surface area contributed by atoms with Crippen LogP contribution in [0.2, 0.25) is 0 Å². The Kier molecular flexibility index (Phi) is 20.1. The highest BCUT2D eigenvalue weighted by atomic mass is 16.8. The van der Waals surface area contributed by atoms with Crippen molar-refractivity contribution in [2.45, 2.75) is 264 Å². The van der Waals surface area contributed by atoms with E-state index in [0.29, 0.717) is 43.4 Å². The van der Waals surface area contributed by atoms with E-state index in [1.807, 2.05) is 6.92 Å². The van der Waals surface area contributed by atoms with Gasteiger partial charge in [-0.1, -0.05) is 27.7 Å². The van der Waals surface area contributed by atoms with Crippen LogP contribution in [0, 0.1) is 52.3 Å². The Balaban J connectivity index is 0.817. The molecule has 0 aromatic heterocycles. The molecule has 10 aliphatic rings. The zero-order valence-electron chi connectivity index (χ0n) is 47.8. The lowest BCUT2D eigenvalue weighted by molar-refractivity contribution is -0.392. The fraction of sp³-hybridized carbons (Fsp3) is 1.00. The summed E-state index contributed by atoms with van der Waals surface area (Å²) in [4.78, 5) is 0. The third-order valence-electron chi connectivity index (χ3n) is 21.8. The highest BCUT2D eigenvalue weighted by Crippen LogP contribution is 2.71. The van der Waals surface area contributed by atoms with E-state index in [2.05, 4.69) is 20.8 Å². The molecule has 36 atom stereocenters. The fourth-order valence-electron chi connectivity index (χ4n) is 16.7. The number of fused-ring (bicyclic) bond motifs is 7. The molecule has 0 aromatic carbocycles.